The van der Waals surface area contributed by atoms with Crippen LogP contribution >= 0.6 is 0 Å². The van der Waals surface area contributed by atoms with Gasteiger partial charge in [-0.2, -0.15) is 0 Å². The molecule has 6 heteroatoms. The topological polar surface area (TPSA) is 70.1 Å². The molecule has 1 amide bonds. The second-order valence-electron chi connectivity index (χ2n) is 6.88. The lowest BCUT2D eigenvalue weighted by Gasteiger charge is -2.29. The highest BCUT2D eigenvalue weighted by atomic mass is 16.5. The van der Waals surface area contributed by atoms with Crippen LogP contribution in [-0.4, -0.2) is 70.7 Å². The summed E-state index contributed by atoms with van der Waals surface area (Å²) in [6.45, 7) is 5.43. The molecule has 1 N–H and O–H groups in total. The number of fused-ring (bicyclic) bond motifs is 1. The molecule has 0 radical (unpaired) electrons. The van der Waals surface area contributed by atoms with E-state index in [4.69, 9.17) is 4.74 Å². The number of carboxylic acids is 1. The molecule has 0 aromatic carbocycles. The van der Waals surface area contributed by atoms with E-state index in [-0.39, 0.29) is 5.91 Å². The van der Waals surface area contributed by atoms with Crippen molar-refractivity contribution in [1.29, 1.82) is 0 Å². The van der Waals surface area contributed by atoms with Crippen molar-refractivity contribution >= 4 is 11.9 Å². The number of likely N-dealkylation sites (tertiary alicyclic amines) is 2. The minimum absolute atomic E-state index is 0.0396. The monoisotopic (exact) mass is 306 g/mol. The van der Waals surface area contributed by atoms with Crippen molar-refractivity contribution in [3.05, 3.63) is 12.2 Å². The van der Waals surface area contributed by atoms with Crippen molar-refractivity contribution in [2.75, 3.05) is 26.2 Å². The van der Waals surface area contributed by atoms with Gasteiger partial charge in [0.1, 0.15) is 11.5 Å². The van der Waals surface area contributed by atoms with Gasteiger partial charge in [0.25, 0.3) is 0 Å². The number of hydrogen-bond donors (Lipinski definition) is 1. The van der Waals surface area contributed by atoms with Gasteiger partial charge in [-0.15, -0.1) is 0 Å². The second-order valence-corrected chi connectivity index (χ2v) is 6.88. The van der Waals surface area contributed by atoms with E-state index < -0.39 is 29.5 Å². The van der Waals surface area contributed by atoms with Crippen molar-refractivity contribution in [1.82, 2.24) is 9.80 Å². The summed E-state index contributed by atoms with van der Waals surface area (Å²) < 4.78 is 5.91. The summed E-state index contributed by atoms with van der Waals surface area (Å²) in [6, 6.07) is 0.397. The van der Waals surface area contributed by atoms with Crippen molar-refractivity contribution in [3.8, 4) is 0 Å². The van der Waals surface area contributed by atoms with E-state index in [1.54, 1.807) is 0 Å². The fourth-order valence-electron chi connectivity index (χ4n) is 4.79. The Kier molecular flexibility index (Phi) is 3.10. The molecule has 22 heavy (non-hydrogen) atoms. The summed E-state index contributed by atoms with van der Waals surface area (Å²) in [4.78, 5) is 28.6. The van der Waals surface area contributed by atoms with Gasteiger partial charge in [-0.25, -0.2) is 0 Å². The third-order valence-corrected chi connectivity index (χ3v) is 5.80. The van der Waals surface area contributed by atoms with Crippen LogP contribution in [0.4, 0.5) is 0 Å². The third-order valence-electron chi connectivity index (χ3n) is 5.80. The van der Waals surface area contributed by atoms with Gasteiger partial charge >= 0.3 is 5.97 Å². The van der Waals surface area contributed by atoms with Crippen LogP contribution in [-0.2, 0) is 14.3 Å². The van der Waals surface area contributed by atoms with Crippen LogP contribution in [0.3, 0.4) is 0 Å². The van der Waals surface area contributed by atoms with Crippen LogP contribution in [0.15, 0.2) is 12.2 Å². The van der Waals surface area contributed by atoms with Crippen LogP contribution < -0.4 is 0 Å². The molecule has 6 nitrogen and oxygen atoms in total. The fourth-order valence-corrected chi connectivity index (χ4v) is 4.79. The lowest BCUT2D eigenvalue weighted by atomic mass is 9.77. The molecule has 4 aliphatic heterocycles. The number of likely N-dealkylation sites (N-methyl/N-ethyl adjacent to an activating group) is 1. The summed E-state index contributed by atoms with van der Waals surface area (Å²) in [7, 11) is 0. The highest BCUT2D eigenvalue weighted by molar-refractivity contribution is 5.90. The molecule has 120 valence electrons. The molecule has 1 spiro atoms. The highest BCUT2D eigenvalue weighted by Gasteiger charge is 2.67. The molecule has 4 aliphatic rings. The van der Waals surface area contributed by atoms with E-state index in [9.17, 15) is 14.7 Å². The molecule has 3 saturated heterocycles. The van der Waals surface area contributed by atoms with Crippen LogP contribution in [0.25, 0.3) is 0 Å². The molecular weight excluding hydrogens is 284 g/mol. The van der Waals surface area contributed by atoms with Crippen molar-refractivity contribution < 1.29 is 19.4 Å². The zero-order chi connectivity index (χ0) is 15.5. The molecule has 4 heterocycles. The first-order valence-corrected chi connectivity index (χ1v) is 8.18. The number of amides is 1. The first-order chi connectivity index (χ1) is 10.6. The lowest BCUT2D eigenvalue weighted by Crippen LogP contribution is -2.43. The number of rotatable bonds is 4. The number of carbonyl (C=O) groups is 2. The predicted molar refractivity (Wildman–Crippen MR) is 78.2 cm³/mol. The molecule has 5 atom stereocenters. The van der Waals surface area contributed by atoms with Gasteiger partial charge in [-0.05, 0) is 25.9 Å². The Morgan fingerprint density at radius 2 is 2.36 bits per heavy atom. The van der Waals surface area contributed by atoms with E-state index in [0.717, 1.165) is 19.5 Å². The average Bonchev–Trinajstić information content (AvgIpc) is 3.21. The minimum atomic E-state index is -0.924. The quantitative estimate of drug-likeness (QED) is 0.758. The Hall–Kier alpha value is -1.40. The largest absolute Gasteiger partial charge is 0.481 e. The summed E-state index contributed by atoms with van der Waals surface area (Å²) in [5.41, 5.74) is -0.694. The smallest absolute Gasteiger partial charge is 0.310 e. The summed E-state index contributed by atoms with van der Waals surface area (Å²) >= 11 is 0. The van der Waals surface area contributed by atoms with Gasteiger partial charge in [0, 0.05) is 12.6 Å². The summed E-state index contributed by atoms with van der Waals surface area (Å²) in [5.74, 6) is -2.24. The lowest BCUT2D eigenvalue weighted by molar-refractivity contribution is -0.148. The fraction of sp³-hybridized carbons (Fsp3) is 0.750. The average molecular weight is 306 g/mol. The number of carboxylic acid groups (broad SMARTS) is 1. The number of hydrogen-bond acceptors (Lipinski definition) is 4. The van der Waals surface area contributed by atoms with Crippen LogP contribution in [0.5, 0.6) is 0 Å². The minimum Gasteiger partial charge on any atom is -0.481 e. The molecule has 3 fully saturated rings. The molecule has 2 bridgehead atoms. The number of aliphatic carboxylic acids is 1. The third kappa shape index (κ3) is 1.80. The van der Waals surface area contributed by atoms with E-state index in [1.807, 2.05) is 17.1 Å². The van der Waals surface area contributed by atoms with Gasteiger partial charge < -0.3 is 14.7 Å². The van der Waals surface area contributed by atoms with Gasteiger partial charge in [0.2, 0.25) is 5.91 Å². The maximum Gasteiger partial charge on any atom is 0.310 e. The molecule has 0 saturated carbocycles. The zero-order valence-corrected chi connectivity index (χ0v) is 12.8. The van der Waals surface area contributed by atoms with E-state index >= 15 is 0 Å². The molecule has 4 rings (SSSR count). The maximum atomic E-state index is 12.8. The first kappa shape index (κ1) is 14.2. The number of ether oxygens (including phenoxy) is 1. The summed E-state index contributed by atoms with van der Waals surface area (Å²) in [5, 5.41) is 9.45. The van der Waals surface area contributed by atoms with Crippen molar-refractivity contribution in [3.63, 3.8) is 0 Å². The van der Waals surface area contributed by atoms with E-state index in [0.29, 0.717) is 19.1 Å². The Morgan fingerprint density at radius 3 is 3.09 bits per heavy atom. The second kappa shape index (κ2) is 4.80. The van der Waals surface area contributed by atoms with Crippen LogP contribution in [0, 0.1) is 11.8 Å². The molecule has 0 aromatic heterocycles. The Morgan fingerprint density at radius 1 is 1.55 bits per heavy atom. The maximum absolute atomic E-state index is 12.8. The summed E-state index contributed by atoms with van der Waals surface area (Å²) in [6.07, 6.45) is 5.58. The highest BCUT2D eigenvalue weighted by Crippen LogP contribution is 2.51. The number of carbonyl (C=O) groups excluding carboxylic acids is 1. The van der Waals surface area contributed by atoms with Gasteiger partial charge in [-0.1, -0.05) is 19.1 Å². The first-order valence-electron chi connectivity index (χ1n) is 8.18. The van der Waals surface area contributed by atoms with Gasteiger partial charge in [-0.3, -0.25) is 14.5 Å². The Bertz CT molecular complexity index is 548. The Labute approximate surface area is 129 Å². The van der Waals surface area contributed by atoms with E-state index in [2.05, 4.69) is 11.8 Å². The molecule has 0 aromatic rings. The SMILES string of the molecule is CCN1CCC[C@@H]1CN1C[C@@]23C=C[C@@H](O2)[C@@H](C(=O)O)[C@@H]3C1=O. The number of nitrogens with zero attached hydrogens (tertiary/aromatic N) is 2. The molecular formula is C16H22N2O4. The van der Waals surface area contributed by atoms with Crippen LogP contribution in [0.2, 0.25) is 0 Å². The van der Waals surface area contributed by atoms with Crippen LogP contribution in [0.1, 0.15) is 19.8 Å². The standard InChI is InChI=1S/C16H22N2O4/c1-2-17-7-3-4-10(17)8-18-9-16-6-5-11(22-16)12(15(20)21)13(16)14(18)19/h5-6,10-13H,2-4,7-9H2,1H3,(H,20,21)/t10-,11-,12-,13-,16-/m1/s1. The zero-order valence-electron chi connectivity index (χ0n) is 12.8. The Balaban J connectivity index is 1.55. The van der Waals surface area contributed by atoms with Gasteiger partial charge in [0.15, 0.2) is 0 Å². The molecule has 0 unspecified atom stereocenters. The van der Waals surface area contributed by atoms with E-state index in [1.165, 1.54) is 6.42 Å². The van der Waals surface area contributed by atoms with Gasteiger partial charge in [0.05, 0.1) is 18.6 Å². The van der Waals surface area contributed by atoms with Crippen molar-refractivity contribution in [2.45, 2.75) is 37.5 Å². The van der Waals surface area contributed by atoms with Crippen molar-refractivity contribution in [2.24, 2.45) is 11.8 Å². The predicted octanol–water partition coefficient (Wildman–Crippen LogP) is 0.337. The normalized spacial score (nSPS) is 43.3. The molecule has 0 aliphatic carbocycles.